The average molecular weight is 246 g/mol. The Balaban J connectivity index is 2.42. The third-order valence-electron chi connectivity index (χ3n) is 2.56. The number of thiophene rings is 1. The van der Waals surface area contributed by atoms with Crippen LogP contribution in [0.1, 0.15) is 5.82 Å². The lowest BCUT2D eigenvalue weighted by Crippen LogP contribution is -2.10. The largest absolute Gasteiger partial charge is 0.377 e. The Morgan fingerprint density at radius 3 is 3.06 bits per heavy atom. The normalized spacial score (nSPS) is 11.4. The van der Waals surface area contributed by atoms with Gasteiger partial charge in [0.1, 0.15) is 17.1 Å². The summed E-state index contributed by atoms with van der Waals surface area (Å²) in [6.07, 6.45) is 0. The van der Waals surface area contributed by atoms with E-state index in [4.69, 9.17) is 4.74 Å². The van der Waals surface area contributed by atoms with Gasteiger partial charge in [0.15, 0.2) is 0 Å². The highest BCUT2D eigenvalue weighted by Gasteiger charge is 2.10. The summed E-state index contributed by atoms with van der Waals surface area (Å²) in [5, 5.41) is 1.02. The van der Waals surface area contributed by atoms with Gasteiger partial charge in [0.25, 0.3) is 5.56 Å². The first-order valence-corrected chi connectivity index (χ1v) is 6.00. The van der Waals surface area contributed by atoms with E-state index in [1.165, 1.54) is 11.3 Å². The molecule has 0 fully saturated rings. The second-order valence-corrected chi connectivity index (χ2v) is 4.77. The standard InChI is InChI=1S/C12H10N2O2S/c1-16-6-9-13-10-7-4-2-3-5-8(7)17-11(10)12(15)14-9/h2-5H,6H2,1H3,(H,13,14,15). The molecule has 0 unspecified atom stereocenters. The van der Waals surface area contributed by atoms with Crippen LogP contribution < -0.4 is 5.56 Å². The second kappa shape index (κ2) is 3.94. The third-order valence-corrected chi connectivity index (χ3v) is 3.72. The van der Waals surface area contributed by atoms with Crippen molar-refractivity contribution in [1.82, 2.24) is 9.97 Å². The van der Waals surface area contributed by atoms with Crippen molar-refractivity contribution in [1.29, 1.82) is 0 Å². The summed E-state index contributed by atoms with van der Waals surface area (Å²) in [6, 6.07) is 7.89. The predicted octanol–water partition coefficient (Wildman–Crippen LogP) is 2.28. The first-order valence-electron chi connectivity index (χ1n) is 5.19. The number of hydrogen-bond donors (Lipinski definition) is 1. The Hall–Kier alpha value is -1.72. The van der Waals surface area contributed by atoms with Crippen LogP contribution in [0.15, 0.2) is 29.1 Å². The van der Waals surface area contributed by atoms with Gasteiger partial charge in [-0.3, -0.25) is 4.79 Å². The molecule has 0 saturated carbocycles. The molecule has 0 bridgehead atoms. The molecular weight excluding hydrogens is 236 g/mol. The Morgan fingerprint density at radius 1 is 1.41 bits per heavy atom. The maximum Gasteiger partial charge on any atom is 0.268 e. The molecule has 2 heterocycles. The van der Waals surface area contributed by atoms with Crippen molar-refractivity contribution in [2.24, 2.45) is 0 Å². The van der Waals surface area contributed by atoms with E-state index in [-0.39, 0.29) is 5.56 Å². The Bertz CT molecular complexity index is 745. The number of fused-ring (bicyclic) bond motifs is 3. The molecule has 0 aliphatic heterocycles. The molecular formula is C12H10N2O2S. The number of hydrogen-bond acceptors (Lipinski definition) is 4. The molecule has 0 aliphatic carbocycles. The summed E-state index contributed by atoms with van der Waals surface area (Å²) in [5.74, 6) is 0.563. The molecule has 3 rings (SSSR count). The first-order chi connectivity index (χ1) is 8.29. The summed E-state index contributed by atoms with van der Waals surface area (Å²) in [6.45, 7) is 0.315. The fourth-order valence-electron chi connectivity index (χ4n) is 1.85. The van der Waals surface area contributed by atoms with Crippen molar-refractivity contribution in [3.63, 3.8) is 0 Å². The van der Waals surface area contributed by atoms with Crippen molar-refractivity contribution in [2.75, 3.05) is 7.11 Å². The SMILES string of the molecule is COCc1nc2c(sc3ccccc32)c(=O)[nH]1. The summed E-state index contributed by atoms with van der Waals surface area (Å²) in [7, 11) is 1.58. The highest BCUT2D eigenvalue weighted by molar-refractivity contribution is 7.25. The van der Waals surface area contributed by atoms with Gasteiger partial charge in [-0.1, -0.05) is 18.2 Å². The van der Waals surface area contributed by atoms with Crippen LogP contribution in [0.4, 0.5) is 0 Å². The fraction of sp³-hybridized carbons (Fsp3) is 0.167. The predicted molar refractivity (Wildman–Crippen MR) is 68.5 cm³/mol. The molecule has 4 nitrogen and oxygen atoms in total. The number of aromatic nitrogens is 2. The van der Waals surface area contributed by atoms with Gasteiger partial charge in [-0.2, -0.15) is 0 Å². The minimum atomic E-state index is -0.0942. The molecule has 86 valence electrons. The van der Waals surface area contributed by atoms with Crippen LogP contribution >= 0.6 is 11.3 Å². The van der Waals surface area contributed by atoms with E-state index in [0.717, 1.165) is 15.6 Å². The third kappa shape index (κ3) is 1.64. The Labute approximate surface area is 101 Å². The summed E-state index contributed by atoms with van der Waals surface area (Å²) in [5.41, 5.74) is 0.671. The lowest BCUT2D eigenvalue weighted by Gasteiger charge is -1.98. The van der Waals surface area contributed by atoms with E-state index in [1.807, 2.05) is 24.3 Å². The lowest BCUT2D eigenvalue weighted by atomic mass is 10.2. The summed E-state index contributed by atoms with van der Waals surface area (Å²) in [4.78, 5) is 19.1. The maximum absolute atomic E-state index is 11.9. The summed E-state index contributed by atoms with van der Waals surface area (Å²) >= 11 is 1.47. The van der Waals surface area contributed by atoms with Crippen LogP contribution in [0.3, 0.4) is 0 Å². The van der Waals surface area contributed by atoms with Gasteiger partial charge < -0.3 is 9.72 Å². The van der Waals surface area contributed by atoms with Gasteiger partial charge in [-0.25, -0.2) is 4.98 Å². The first kappa shape index (κ1) is 10.4. The summed E-state index contributed by atoms with van der Waals surface area (Å²) < 4.78 is 6.74. The van der Waals surface area contributed by atoms with E-state index in [1.54, 1.807) is 7.11 Å². The zero-order chi connectivity index (χ0) is 11.8. The quantitative estimate of drug-likeness (QED) is 0.754. The molecule has 5 heteroatoms. The van der Waals surface area contributed by atoms with Gasteiger partial charge in [0.2, 0.25) is 0 Å². The number of methoxy groups -OCH3 is 1. The monoisotopic (exact) mass is 246 g/mol. The van der Waals surface area contributed by atoms with E-state index < -0.39 is 0 Å². The smallest absolute Gasteiger partial charge is 0.268 e. The molecule has 0 saturated heterocycles. The van der Waals surface area contributed by atoms with Gasteiger partial charge in [0.05, 0.1) is 5.52 Å². The van der Waals surface area contributed by atoms with Crippen molar-refractivity contribution < 1.29 is 4.74 Å². The molecule has 1 aromatic carbocycles. The molecule has 0 amide bonds. The van der Waals surface area contributed by atoms with Crippen LogP contribution in [0.25, 0.3) is 20.3 Å². The highest BCUT2D eigenvalue weighted by Crippen LogP contribution is 2.29. The molecule has 0 spiro atoms. The molecule has 3 aromatic rings. The van der Waals surface area contributed by atoms with E-state index in [0.29, 0.717) is 17.1 Å². The van der Waals surface area contributed by atoms with Crippen molar-refractivity contribution >= 4 is 31.6 Å². The van der Waals surface area contributed by atoms with E-state index in [9.17, 15) is 4.79 Å². The van der Waals surface area contributed by atoms with Gasteiger partial charge >= 0.3 is 0 Å². The average Bonchev–Trinajstić information content (AvgIpc) is 2.69. The molecule has 0 atom stereocenters. The second-order valence-electron chi connectivity index (χ2n) is 3.72. The molecule has 1 N–H and O–H groups in total. The fourth-order valence-corrected chi connectivity index (χ4v) is 2.89. The number of ether oxygens (including phenoxy) is 1. The number of H-pyrrole nitrogens is 1. The van der Waals surface area contributed by atoms with Crippen molar-refractivity contribution in [3.8, 4) is 0 Å². The van der Waals surface area contributed by atoms with E-state index in [2.05, 4.69) is 9.97 Å². The maximum atomic E-state index is 11.9. The zero-order valence-corrected chi connectivity index (χ0v) is 10.0. The minimum absolute atomic E-state index is 0.0942. The van der Waals surface area contributed by atoms with Crippen LogP contribution in [0.5, 0.6) is 0 Å². The molecule has 0 radical (unpaired) electrons. The van der Waals surface area contributed by atoms with Crippen LogP contribution in [0, 0.1) is 0 Å². The van der Waals surface area contributed by atoms with E-state index >= 15 is 0 Å². The van der Waals surface area contributed by atoms with Crippen molar-refractivity contribution in [2.45, 2.75) is 6.61 Å². The van der Waals surface area contributed by atoms with Crippen LogP contribution in [0.2, 0.25) is 0 Å². The number of nitrogens with zero attached hydrogens (tertiary/aromatic N) is 1. The van der Waals surface area contributed by atoms with Crippen molar-refractivity contribution in [3.05, 3.63) is 40.4 Å². The molecule has 2 aromatic heterocycles. The van der Waals surface area contributed by atoms with Crippen LogP contribution in [-0.2, 0) is 11.3 Å². The lowest BCUT2D eigenvalue weighted by molar-refractivity contribution is 0.178. The number of nitrogens with one attached hydrogen (secondary N) is 1. The van der Waals surface area contributed by atoms with Gasteiger partial charge in [0, 0.05) is 17.2 Å². The number of benzene rings is 1. The van der Waals surface area contributed by atoms with Gasteiger partial charge in [-0.05, 0) is 6.07 Å². The number of rotatable bonds is 2. The topological polar surface area (TPSA) is 55.0 Å². The van der Waals surface area contributed by atoms with Crippen LogP contribution in [-0.4, -0.2) is 17.1 Å². The Kier molecular flexibility index (Phi) is 2.42. The Morgan fingerprint density at radius 2 is 2.24 bits per heavy atom. The number of aromatic amines is 1. The highest BCUT2D eigenvalue weighted by atomic mass is 32.1. The molecule has 0 aliphatic rings. The molecule has 17 heavy (non-hydrogen) atoms. The zero-order valence-electron chi connectivity index (χ0n) is 9.19. The van der Waals surface area contributed by atoms with Gasteiger partial charge in [-0.15, -0.1) is 11.3 Å². The minimum Gasteiger partial charge on any atom is -0.377 e.